The van der Waals surface area contributed by atoms with Crippen LogP contribution < -0.4 is 15.5 Å². The Balaban J connectivity index is 1.67. The Morgan fingerprint density at radius 3 is 2.68 bits per heavy atom. The number of carbonyl (C=O) groups excluding carboxylic acids is 1. The van der Waals surface area contributed by atoms with E-state index in [-0.39, 0.29) is 5.91 Å². The lowest BCUT2D eigenvalue weighted by molar-refractivity contribution is -0.121. The van der Waals surface area contributed by atoms with E-state index in [1.807, 2.05) is 48.5 Å². The van der Waals surface area contributed by atoms with Gasteiger partial charge < -0.3 is 10.1 Å². The van der Waals surface area contributed by atoms with Crippen molar-refractivity contribution in [1.82, 2.24) is 5.43 Å². The van der Waals surface area contributed by atoms with Crippen LogP contribution in [-0.4, -0.2) is 18.7 Å². The van der Waals surface area contributed by atoms with Crippen LogP contribution in [0.15, 0.2) is 53.6 Å². The minimum Gasteiger partial charge on any atom is -0.497 e. The summed E-state index contributed by atoms with van der Waals surface area (Å²) in [7, 11) is 1.64. The zero-order chi connectivity index (χ0) is 15.2. The quantitative estimate of drug-likeness (QED) is 0.892. The van der Waals surface area contributed by atoms with Crippen molar-refractivity contribution in [3.63, 3.8) is 0 Å². The number of ether oxygens (including phenoxy) is 1. The van der Waals surface area contributed by atoms with Gasteiger partial charge in [-0.2, -0.15) is 5.10 Å². The van der Waals surface area contributed by atoms with Crippen LogP contribution in [0, 0.1) is 0 Å². The van der Waals surface area contributed by atoms with Gasteiger partial charge in [0.05, 0.1) is 12.8 Å². The van der Waals surface area contributed by atoms with Crippen LogP contribution in [0.25, 0.3) is 0 Å². The highest BCUT2D eigenvalue weighted by Gasteiger charge is 2.50. The van der Waals surface area contributed by atoms with E-state index in [0.29, 0.717) is 6.42 Å². The average molecular weight is 293 g/mol. The number of carbonyl (C=O) groups is 1. The van der Waals surface area contributed by atoms with E-state index in [2.05, 4.69) is 15.8 Å². The maximum Gasteiger partial charge on any atom is 0.256 e. The molecule has 5 heteroatoms. The van der Waals surface area contributed by atoms with Gasteiger partial charge in [-0.1, -0.05) is 18.2 Å². The first-order valence-electron chi connectivity index (χ1n) is 7.12. The fourth-order valence-electron chi connectivity index (χ4n) is 3.05. The van der Waals surface area contributed by atoms with E-state index in [9.17, 15) is 4.79 Å². The highest BCUT2D eigenvalue weighted by Crippen LogP contribution is 2.41. The summed E-state index contributed by atoms with van der Waals surface area (Å²) < 4.78 is 5.17. The zero-order valence-corrected chi connectivity index (χ0v) is 12.1. The summed E-state index contributed by atoms with van der Waals surface area (Å²) in [5, 5.41) is 7.34. The third-order valence-corrected chi connectivity index (χ3v) is 4.26. The van der Waals surface area contributed by atoms with Crippen molar-refractivity contribution in [2.45, 2.75) is 12.0 Å². The molecular formula is C17H15N3O2. The number of para-hydroxylation sites is 1. The number of methoxy groups -OCH3 is 1. The van der Waals surface area contributed by atoms with E-state index < -0.39 is 5.54 Å². The van der Waals surface area contributed by atoms with Crippen LogP contribution in [0.4, 0.5) is 5.69 Å². The number of benzene rings is 2. The molecule has 5 nitrogen and oxygen atoms in total. The number of nitrogens with one attached hydrogen (secondary N) is 2. The molecule has 0 saturated carbocycles. The van der Waals surface area contributed by atoms with Crippen molar-refractivity contribution in [2.75, 3.05) is 12.4 Å². The van der Waals surface area contributed by atoms with Gasteiger partial charge in [-0.15, -0.1) is 0 Å². The highest BCUT2D eigenvalue weighted by molar-refractivity contribution is 6.13. The summed E-state index contributed by atoms with van der Waals surface area (Å²) >= 11 is 0. The minimum atomic E-state index is -0.786. The maximum atomic E-state index is 12.5. The van der Waals surface area contributed by atoms with Crippen molar-refractivity contribution in [2.24, 2.45) is 5.10 Å². The molecule has 110 valence electrons. The third kappa shape index (κ3) is 1.72. The SMILES string of the molecule is COc1ccc(C2=NN[C@@]3(C2)C(=O)Nc2ccccc23)cc1. The normalized spacial score (nSPS) is 22.0. The smallest absolute Gasteiger partial charge is 0.256 e. The second-order valence-electron chi connectivity index (χ2n) is 5.48. The lowest BCUT2D eigenvalue weighted by atomic mass is 9.86. The van der Waals surface area contributed by atoms with Crippen molar-refractivity contribution < 1.29 is 9.53 Å². The van der Waals surface area contributed by atoms with Crippen LogP contribution in [0.3, 0.4) is 0 Å². The minimum absolute atomic E-state index is 0.0547. The molecule has 2 N–H and O–H groups in total. The number of rotatable bonds is 2. The highest BCUT2D eigenvalue weighted by atomic mass is 16.5. The second kappa shape index (κ2) is 4.59. The van der Waals surface area contributed by atoms with Gasteiger partial charge in [-0.3, -0.25) is 10.2 Å². The first kappa shape index (κ1) is 12.9. The zero-order valence-electron chi connectivity index (χ0n) is 12.1. The van der Waals surface area contributed by atoms with Gasteiger partial charge in [0.1, 0.15) is 5.75 Å². The monoisotopic (exact) mass is 293 g/mol. The molecule has 1 atom stereocenters. The maximum absolute atomic E-state index is 12.5. The number of nitrogens with zero attached hydrogens (tertiary/aromatic N) is 1. The third-order valence-electron chi connectivity index (χ3n) is 4.26. The number of hydrogen-bond donors (Lipinski definition) is 2. The van der Waals surface area contributed by atoms with Crippen LogP contribution in [-0.2, 0) is 10.3 Å². The Bertz CT molecular complexity index is 783. The van der Waals surface area contributed by atoms with Crippen LogP contribution in [0.5, 0.6) is 5.75 Å². The van der Waals surface area contributed by atoms with Gasteiger partial charge in [-0.25, -0.2) is 0 Å². The molecule has 0 aliphatic carbocycles. The Labute approximate surface area is 128 Å². The van der Waals surface area contributed by atoms with E-state index >= 15 is 0 Å². The van der Waals surface area contributed by atoms with Crippen molar-refractivity contribution in [1.29, 1.82) is 0 Å². The molecule has 0 unspecified atom stereocenters. The molecule has 2 aromatic rings. The van der Waals surface area contributed by atoms with Crippen LogP contribution in [0.2, 0.25) is 0 Å². The van der Waals surface area contributed by atoms with Crippen molar-refractivity contribution >= 4 is 17.3 Å². The summed E-state index contributed by atoms with van der Waals surface area (Å²) in [5.74, 6) is 0.745. The van der Waals surface area contributed by atoms with Gasteiger partial charge in [0, 0.05) is 17.7 Å². The first-order valence-corrected chi connectivity index (χ1v) is 7.12. The predicted octanol–water partition coefficient (Wildman–Crippen LogP) is 2.24. The van der Waals surface area contributed by atoms with Crippen molar-refractivity contribution in [3.8, 4) is 5.75 Å². The Hall–Kier alpha value is -2.82. The molecule has 0 radical (unpaired) electrons. The Kier molecular flexibility index (Phi) is 2.69. The Morgan fingerprint density at radius 1 is 1.14 bits per heavy atom. The summed E-state index contributed by atoms with van der Waals surface area (Å²) in [5.41, 5.74) is 5.94. The van der Waals surface area contributed by atoms with E-state index in [1.165, 1.54) is 0 Å². The summed E-state index contributed by atoms with van der Waals surface area (Å²) in [6, 6.07) is 15.4. The molecule has 1 spiro atoms. The second-order valence-corrected chi connectivity index (χ2v) is 5.48. The number of fused-ring (bicyclic) bond motifs is 2. The van der Waals surface area contributed by atoms with Gasteiger partial charge in [0.15, 0.2) is 5.54 Å². The van der Waals surface area contributed by atoms with E-state index in [1.54, 1.807) is 7.11 Å². The largest absolute Gasteiger partial charge is 0.497 e. The van der Waals surface area contributed by atoms with Gasteiger partial charge in [-0.05, 0) is 35.9 Å². The van der Waals surface area contributed by atoms with Crippen LogP contribution >= 0.6 is 0 Å². The first-order chi connectivity index (χ1) is 10.7. The van der Waals surface area contributed by atoms with Crippen molar-refractivity contribution in [3.05, 3.63) is 59.7 Å². The fraction of sp³-hybridized carbons (Fsp3) is 0.176. The fourth-order valence-corrected chi connectivity index (χ4v) is 3.05. The van der Waals surface area contributed by atoms with Gasteiger partial charge in [0.25, 0.3) is 5.91 Å². The number of amides is 1. The summed E-state index contributed by atoms with van der Waals surface area (Å²) in [4.78, 5) is 12.5. The van der Waals surface area contributed by atoms with E-state index in [0.717, 1.165) is 28.3 Å². The molecule has 0 saturated heterocycles. The standard InChI is InChI=1S/C17H15N3O2/c1-22-12-8-6-11(7-9-12)15-10-17(20-19-15)13-4-2-3-5-14(13)18-16(17)21/h2-9,20H,10H2,1H3,(H,18,21)/t17-/m1/s1. The van der Waals surface area contributed by atoms with Gasteiger partial charge >= 0.3 is 0 Å². The molecule has 2 aromatic carbocycles. The molecule has 2 aliphatic heterocycles. The summed E-state index contributed by atoms with van der Waals surface area (Å²) in [6.07, 6.45) is 0.530. The topological polar surface area (TPSA) is 62.7 Å². The molecule has 0 fully saturated rings. The molecule has 0 aromatic heterocycles. The molecule has 1 amide bonds. The molecule has 2 heterocycles. The van der Waals surface area contributed by atoms with Gasteiger partial charge in [0.2, 0.25) is 0 Å². The average Bonchev–Trinajstić information content (AvgIpc) is 3.12. The number of anilines is 1. The van der Waals surface area contributed by atoms with E-state index in [4.69, 9.17) is 4.74 Å². The Morgan fingerprint density at radius 2 is 1.91 bits per heavy atom. The molecule has 2 aliphatic rings. The predicted molar refractivity (Wildman–Crippen MR) is 84.0 cm³/mol. The molecule has 22 heavy (non-hydrogen) atoms. The lowest BCUT2D eigenvalue weighted by Gasteiger charge is -2.20. The molecule has 4 rings (SSSR count). The molecule has 0 bridgehead atoms. The summed E-state index contributed by atoms with van der Waals surface area (Å²) in [6.45, 7) is 0. The number of hydrogen-bond acceptors (Lipinski definition) is 4. The molecular weight excluding hydrogens is 278 g/mol. The number of hydrazone groups is 1. The lowest BCUT2D eigenvalue weighted by Crippen LogP contribution is -2.42. The van der Waals surface area contributed by atoms with Crippen LogP contribution in [0.1, 0.15) is 17.5 Å².